The number of carbonyl (C=O) groups is 1. The van der Waals surface area contributed by atoms with Gasteiger partial charge in [0.1, 0.15) is 22.5 Å². The van der Waals surface area contributed by atoms with Gasteiger partial charge in [0.2, 0.25) is 0 Å². The van der Waals surface area contributed by atoms with Gasteiger partial charge in [-0.3, -0.25) is 4.79 Å². The summed E-state index contributed by atoms with van der Waals surface area (Å²) in [6, 6.07) is 14.6. The molecule has 3 aromatic rings. The highest BCUT2D eigenvalue weighted by molar-refractivity contribution is 7.13. The number of nitrogens with zero attached hydrogens (tertiary/aromatic N) is 2. The van der Waals surface area contributed by atoms with Crippen LogP contribution < -0.4 is 5.32 Å². The highest BCUT2D eigenvalue weighted by atomic mass is 35.5. The number of thiazole rings is 1. The molecule has 1 N–H and O–H groups in total. The zero-order chi connectivity index (χ0) is 18.5. The summed E-state index contributed by atoms with van der Waals surface area (Å²) >= 11 is 7.34. The number of rotatable bonds is 4. The number of benzene rings is 2. The van der Waals surface area contributed by atoms with E-state index >= 15 is 0 Å². The van der Waals surface area contributed by atoms with Crippen LogP contribution in [-0.4, -0.2) is 10.9 Å². The average molecular weight is 384 g/mol. The van der Waals surface area contributed by atoms with E-state index in [9.17, 15) is 14.4 Å². The molecular weight excluding hydrogens is 373 g/mol. The fraction of sp³-hybridized carbons (Fsp3) is 0. The number of nitrogens with one attached hydrogen (secondary N) is 1. The number of nitriles is 1. The van der Waals surface area contributed by atoms with Crippen LogP contribution in [0.2, 0.25) is 5.02 Å². The molecule has 0 atom stereocenters. The van der Waals surface area contributed by atoms with Crippen molar-refractivity contribution in [3.05, 3.63) is 76.0 Å². The number of halogens is 2. The van der Waals surface area contributed by atoms with Crippen molar-refractivity contribution in [2.45, 2.75) is 0 Å². The van der Waals surface area contributed by atoms with E-state index in [1.54, 1.807) is 41.8 Å². The Morgan fingerprint density at radius 1 is 1.23 bits per heavy atom. The van der Waals surface area contributed by atoms with Crippen LogP contribution in [0.1, 0.15) is 5.69 Å². The summed E-state index contributed by atoms with van der Waals surface area (Å²) in [6.07, 6.45) is 1.40. The maximum Gasteiger partial charge on any atom is 0.266 e. The van der Waals surface area contributed by atoms with Gasteiger partial charge in [-0.25, -0.2) is 9.37 Å². The number of hydrogen-bond acceptors (Lipinski definition) is 4. The zero-order valence-electron chi connectivity index (χ0n) is 13.2. The van der Waals surface area contributed by atoms with E-state index in [2.05, 4.69) is 10.3 Å². The van der Waals surface area contributed by atoms with Gasteiger partial charge in [-0.15, -0.1) is 11.3 Å². The smallest absolute Gasteiger partial charge is 0.266 e. The number of hydrogen-bond donors (Lipinski definition) is 1. The van der Waals surface area contributed by atoms with E-state index in [0.29, 0.717) is 21.4 Å². The molecule has 1 heterocycles. The van der Waals surface area contributed by atoms with Crippen LogP contribution >= 0.6 is 22.9 Å². The standard InChI is InChI=1S/C19H11ClFN3OS/c20-16-3-1-2-4-17(16)24-18(25)13(10-22)9-15-11-26-19(23-15)12-5-7-14(21)8-6-12/h1-9,11H,(H,24,25)/b13-9+. The van der Waals surface area contributed by atoms with E-state index in [0.717, 1.165) is 5.56 Å². The molecule has 7 heteroatoms. The van der Waals surface area contributed by atoms with Gasteiger partial charge >= 0.3 is 0 Å². The highest BCUT2D eigenvalue weighted by Gasteiger charge is 2.12. The van der Waals surface area contributed by atoms with Crippen LogP contribution in [0.3, 0.4) is 0 Å². The molecule has 26 heavy (non-hydrogen) atoms. The third kappa shape index (κ3) is 4.14. The van der Waals surface area contributed by atoms with Crippen molar-refractivity contribution < 1.29 is 9.18 Å². The summed E-state index contributed by atoms with van der Waals surface area (Å²) < 4.78 is 13.0. The molecule has 0 saturated heterocycles. The van der Waals surface area contributed by atoms with Crippen LogP contribution in [0.4, 0.5) is 10.1 Å². The van der Waals surface area contributed by atoms with E-state index in [1.165, 1.54) is 29.5 Å². The van der Waals surface area contributed by atoms with Gasteiger partial charge in [-0.1, -0.05) is 23.7 Å². The molecule has 0 aliphatic carbocycles. The van der Waals surface area contributed by atoms with Crippen LogP contribution in [0.15, 0.2) is 59.5 Å². The summed E-state index contributed by atoms with van der Waals surface area (Å²) in [4.78, 5) is 16.7. The van der Waals surface area contributed by atoms with Crippen LogP contribution in [0.5, 0.6) is 0 Å². The minimum absolute atomic E-state index is 0.0964. The Morgan fingerprint density at radius 2 is 1.96 bits per heavy atom. The van der Waals surface area contributed by atoms with Gasteiger partial charge in [0.15, 0.2) is 0 Å². The van der Waals surface area contributed by atoms with Crippen molar-refractivity contribution in [2.24, 2.45) is 0 Å². The molecule has 0 aliphatic rings. The zero-order valence-corrected chi connectivity index (χ0v) is 14.8. The Morgan fingerprint density at radius 3 is 2.65 bits per heavy atom. The summed E-state index contributed by atoms with van der Waals surface area (Å²) in [7, 11) is 0. The third-order valence-corrected chi connectivity index (χ3v) is 4.63. The van der Waals surface area contributed by atoms with Gasteiger partial charge in [-0.2, -0.15) is 5.26 Å². The molecule has 0 aliphatic heterocycles. The maximum atomic E-state index is 13.0. The maximum absolute atomic E-state index is 13.0. The first-order valence-corrected chi connectivity index (χ1v) is 8.72. The molecule has 0 unspecified atom stereocenters. The number of para-hydroxylation sites is 1. The fourth-order valence-electron chi connectivity index (χ4n) is 2.13. The van der Waals surface area contributed by atoms with Crippen LogP contribution in [0.25, 0.3) is 16.6 Å². The lowest BCUT2D eigenvalue weighted by Gasteiger charge is -2.05. The second-order valence-electron chi connectivity index (χ2n) is 5.19. The average Bonchev–Trinajstić information content (AvgIpc) is 3.10. The van der Waals surface area contributed by atoms with Gasteiger partial charge in [-0.05, 0) is 42.5 Å². The van der Waals surface area contributed by atoms with Crippen molar-refractivity contribution in [1.82, 2.24) is 4.98 Å². The molecule has 0 fully saturated rings. The molecule has 0 saturated carbocycles. The second kappa shape index (κ2) is 7.91. The van der Waals surface area contributed by atoms with Crippen molar-refractivity contribution in [1.29, 1.82) is 5.26 Å². The molecule has 0 bridgehead atoms. The van der Waals surface area contributed by atoms with Gasteiger partial charge < -0.3 is 5.32 Å². The molecule has 3 rings (SSSR count). The lowest BCUT2D eigenvalue weighted by atomic mass is 10.2. The summed E-state index contributed by atoms with van der Waals surface area (Å²) in [5.41, 5.74) is 1.56. The predicted molar refractivity (Wildman–Crippen MR) is 101 cm³/mol. The first-order chi connectivity index (χ1) is 12.6. The van der Waals surface area contributed by atoms with E-state index < -0.39 is 5.91 Å². The van der Waals surface area contributed by atoms with Gasteiger partial charge in [0, 0.05) is 10.9 Å². The Hall–Kier alpha value is -3.01. The number of anilines is 1. The molecule has 1 aromatic heterocycles. The summed E-state index contributed by atoms with van der Waals surface area (Å²) in [5, 5.41) is 14.6. The van der Waals surface area contributed by atoms with Gasteiger partial charge in [0.25, 0.3) is 5.91 Å². The molecule has 2 aromatic carbocycles. The Balaban J connectivity index is 1.81. The topological polar surface area (TPSA) is 65.8 Å². The van der Waals surface area contributed by atoms with E-state index in [1.807, 2.05) is 6.07 Å². The highest BCUT2D eigenvalue weighted by Crippen LogP contribution is 2.25. The lowest BCUT2D eigenvalue weighted by Crippen LogP contribution is -2.13. The second-order valence-corrected chi connectivity index (χ2v) is 6.45. The molecule has 0 radical (unpaired) electrons. The SMILES string of the molecule is N#C/C(=C\c1csc(-c2ccc(F)cc2)n1)C(=O)Nc1ccccc1Cl. The summed E-state index contributed by atoms with van der Waals surface area (Å²) in [5.74, 6) is -0.898. The van der Waals surface area contributed by atoms with Crippen LogP contribution in [0, 0.1) is 17.1 Å². The van der Waals surface area contributed by atoms with Crippen molar-refractivity contribution in [3.63, 3.8) is 0 Å². The quantitative estimate of drug-likeness (QED) is 0.500. The van der Waals surface area contributed by atoms with E-state index in [4.69, 9.17) is 11.6 Å². The van der Waals surface area contributed by atoms with Crippen molar-refractivity contribution in [3.8, 4) is 16.6 Å². The van der Waals surface area contributed by atoms with Crippen molar-refractivity contribution >= 4 is 40.6 Å². The fourth-order valence-corrected chi connectivity index (χ4v) is 3.09. The van der Waals surface area contributed by atoms with E-state index in [-0.39, 0.29) is 11.4 Å². The third-order valence-electron chi connectivity index (χ3n) is 3.39. The number of carbonyl (C=O) groups excluding carboxylic acids is 1. The first kappa shape index (κ1) is 17.8. The van der Waals surface area contributed by atoms with Crippen LogP contribution in [-0.2, 0) is 4.79 Å². The number of aromatic nitrogens is 1. The molecular formula is C19H11ClFN3OS. The predicted octanol–water partition coefficient (Wildman–Crippen LogP) is 5.15. The molecule has 128 valence electrons. The lowest BCUT2D eigenvalue weighted by molar-refractivity contribution is -0.112. The molecule has 4 nitrogen and oxygen atoms in total. The largest absolute Gasteiger partial charge is 0.320 e. The minimum atomic E-state index is -0.572. The first-order valence-electron chi connectivity index (χ1n) is 7.46. The summed E-state index contributed by atoms with van der Waals surface area (Å²) in [6.45, 7) is 0. The normalized spacial score (nSPS) is 11.0. The number of amides is 1. The monoisotopic (exact) mass is 383 g/mol. The molecule has 1 amide bonds. The Kier molecular flexibility index (Phi) is 5.42. The Bertz CT molecular complexity index is 1020. The molecule has 0 spiro atoms. The van der Waals surface area contributed by atoms with Crippen molar-refractivity contribution in [2.75, 3.05) is 5.32 Å². The Labute approximate surface area is 158 Å². The minimum Gasteiger partial charge on any atom is -0.320 e. The van der Waals surface area contributed by atoms with Gasteiger partial charge in [0.05, 0.1) is 16.4 Å².